The standard InChI is InChI=1S/C22H26N4OS/c1-14-15(2)18-19(23)20(28-21(18)24-16(14)3)22(27)26-11-9-25(10-12-26)13-17-7-5-4-6-8-17/h4-8H,9-13,23H2,1-3H3. The first-order valence-corrected chi connectivity index (χ1v) is 10.5. The summed E-state index contributed by atoms with van der Waals surface area (Å²) in [5, 5.41) is 0.944. The zero-order valence-corrected chi connectivity index (χ0v) is 17.5. The molecule has 3 aromatic rings. The number of carbonyl (C=O) groups is 1. The second kappa shape index (κ2) is 7.53. The molecule has 0 radical (unpaired) electrons. The number of nitrogen functional groups attached to an aromatic ring is 1. The molecule has 1 aromatic carbocycles. The zero-order chi connectivity index (χ0) is 19.8. The summed E-state index contributed by atoms with van der Waals surface area (Å²) in [5.74, 6) is 0.0366. The van der Waals surface area contributed by atoms with Gasteiger partial charge in [0.1, 0.15) is 9.71 Å². The van der Waals surface area contributed by atoms with Crippen LogP contribution in [0.2, 0.25) is 0 Å². The first-order valence-electron chi connectivity index (χ1n) is 9.67. The molecule has 0 atom stereocenters. The number of aryl methyl sites for hydroxylation is 2. The fraction of sp³-hybridized carbons (Fsp3) is 0.364. The average molecular weight is 395 g/mol. The lowest BCUT2D eigenvalue weighted by Gasteiger charge is -2.34. The van der Waals surface area contributed by atoms with Gasteiger partial charge >= 0.3 is 0 Å². The molecule has 4 rings (SSSR count). The summed E-state index contributed by atoms with van der Waals surface area (Å²) in [7, 11) is 0. The molecule has 2 N–H and O–H groups in total. The Labute approximate surface area is 169 Å². The normalized spacial score (nSPS) is 15.3. The van der Waals surface area contributed by atoms with Gasteiger partial charge in [0.2, 0.25) is 0 Å². The van der Waals surface area contributed by atoms with Gasteiger partial charge < -0.3 is 10.6 Å². The van der Waals surface area contributed by atoms with Crippen molar-refractivity contribution in [1.29, 1.82) is 0 Å². The molecule has 28 heavy (non-hydrogen) atoms. The summed E-state index contributed by atoms with van der Waals surface area (Å²) in [6.45, 7) is 10.3. The summed E-state index contributed by atoms with van der Waals surface area (Å²) in [4.78, 5) is 23.6. The van der Waals surface area contributed by atoms with Crippen molar-refractivity contribution in [2.75, 3.05) is 31.9 Å². The van der Waals surface area contributed by atoms with Crippen molar-refractivity contribution in [3.63, 3.8) is 0 Å². The number of aromatic nitrogens is 1. The van der Waals surface area contributed by atoms with E-state index in [4.69, 9.17) is 5.73 Å². The number of hydrogen-bond acceptors (Lipinski definition) is 5. The molecule has 1 aliphatic heterocycles. The lowest BCUT2D eigenvalue weighted by molar-refractivity contribution is 0.0634. The molecule has 146 valence electrons. The number of thiophene rings is 1. The van der Waals surface area contributed by atoms with E-state index in [-0.39, 0.29) is 5.91 Å². The Morgan fingerprint density at radius 3 is 2.43 bits per heavy atom. The van der Waals surface area contributed by atoms with Crippen LogP contribution in [0.15, 0.2) is 30.3 Å². The molecule has 1 saturated heterocycles. The Bertz CT molecular complexity index is 1020. The number of fused-ring (bicyclic) bond motifs is 1. The smallest absolute Gasteiger partial charge is 0.266 e. The Morgan fingerprint density at radius 1 is 1.07 bits per heavy atom. The molecule has 0 spiro atoms. The van der Waals surface area contributed by atoms with Crippen molar-refractivity contribution >= 4 is 33.1 Å². The van der Waals surface area contributed by atoms with Crippen LogP contribution in [0.1, 0.15) is 32.1 Å². The maximum atomic E-state index is 13.1. The monoisotopic (exact) mass is 394 g/mol. The summed E-state index contributed by atoms with van der Waals surface area (Å²) < 4.78 is 0. The topological polar surface area (TPSA) is 62.5 Å². The SMILES string of the molecule is Cc1nc2sc(C(=O)N3CCN(Cc4ccccc4)CC3)c(N)c2c(C)c1C. The molecule has 6 heteroatoms. The van der Waals surface area contributed by atoms with Crippen LogP contribution in [0.5, 0.6) is 0 Å². The van der Waals surface area contributed by atoms with E-state index in [9.17, 15) is 4.79 Å². The zero-order valence-electron chi connectivity index (χ0n) is 16.7. The lowest BCUT2D eigenvalue weighted by Crippen LogP contribution is -2.48. The van der Waals surface area contributed by atoms with Gasteiger partial charge in [-0.15, -0.1) is 11.3 Å². The quantitative estimate of drug-likeness (QED) is 0.735. The van der Waals surface area contributed by atoms with Crippen LogP contribution in [0.25, 0.3) is 10.2 Å². The fourth-order valence-corrected chi connectivity index (χ4v) is 4.99. The van der Waals surface area contributed by atoms with Crippen molar-refractivity contribution < 1.29 is 4.79 Å². The van der Waals surface area contributed by atoms with Crippen LogP contribution in [0.4, 0.5) is 5.69 Å². The van der Waals surface area contributed by atoms with Gasteiger partial charge in [0, 0.05) is 43.8 Å². The van der Waals surface area contributed by atoms with E-state index < -0.39 is 0 Å². The van der Waals surface area contributed by atoms with Crippen molar-refractivity contribution in [3.8, 4) is 0 Å². The average Bonchev–Trinajstić information content (AvgIpc) is 3.03. The first-order chi connectivity index (χ1) is 13.5. The third-order valence-corrected chi connectivity index (χ3v) is 6.87. The first kappa shape index (κ1) is 18.9. The third-order valence-electron chi connectivity index (χ3n) is 5.78. The number of piperazine rings is 1. The molecule has 0 unspecified atom stereocenters. The van der Waals surface area contributed by atoms with E-state index in [1.54, 1.807) is 0 Å². The number of pyridine rings is 1. The number of rotatable bonds is 3. The molecule has 5 nitrogen and oxygen atoms in total. The number of amides is 1. The number of anilines is 1. The molecular formula is C22H26N4OS. The predicted octanol–water partition coefficient (Wildman–Crippen LogP) is 3.76. The van der Waals surface area contributed by atoms with Crippen molar-refractivity contribution in [1.82, 2.24) is 14.8 Å². The van der Waals surface area contributed by atoms with Crippen LogP contribution in [-0.4, -0.2) is 46.9 Å². The minimum Gasteiger partial charge on any atom is -0.397 e. The Balaban J connectivity index is 1.50. The van der Waals surface area contributed by atoms with Crippen molar-refractivity contribution in [2.45, 2.75) is 27.3 Å². The van der Waals surface area contributed by atoms with Crippen molar-refractivity contribution in [2.24, 2.45) is 0 Å². The van der Waals surface area contributed by atoms with Gasteiger partial charge in [-0.25, -0.2) is 4.98 Å². The van der Waals surface area contributed by atoms with Gasteiger partial charge in [0.05, 0.1) is 5.69 Å². The van der Waals surface area contributed by atoms with Crippen LogP contribution < -0.4 is 5.73 Å². The minimum atomic E-state index is 0.0366. The Hall–Kier alpha value is -2.44. The highest BCUT2D eigenvalue weighted by Gasteiger charge is 2.27. The largest absolute Gasteiger partial charge is 0.397 e. The molecule has 1 aliphatic rings. The van der Waals surface area contributed by atoms with Gasteiger partial charge in [-0.1, -0.05) is 30.3 Å². The summed E-state index contributed by atoms with van der Waals surface area (Å²) >= 11 is 1.43. The van der Waals surface area contributed by atoms with Crippen LogP contribution in [-0.2, 0) is 6.54 Å². The van der Waals surface area contributed by atoms with Crippen LogP contribution in [0, 0.1) is 20.8 Å². The van der Waals surface area contributed by atoms with Gasteiger partial charge in [0.15, 0.2) is 0 Å². The highest BCUT2D eigenvalue weighted by molar-refractivity contribution is 7.21. The molecular weight excluding hydrogens is 368 g/mol. The van der Waals surface area contributed by atoms with Gasteiger partial charge in [0.25, 0.3) is 5.91 Å². The second-order valence-corrected chi connectivity index (χ2v) is 8.53. The molecule has 2 aromatic heterocycles. The lowest BCUT2D eigenvalue weighted by atomic mass is 10.1. The number of nitrogens with zero attached hydrogens (tertiary/aromatic N) is 3. The van der Waals surface area contributed by atoms with E-state index in [1.807, 2.05) is 17.9 Å². The Morgan fingerprint density at radius 2 is 1.75 bits per heavy atom. The number of hydrogen-bond donors (Lipinski definition) is 1. The number of carbonyl (C=O) groups excluding carboxylic acids is 1. The van der Waals surface area contributed by atoms with E-state index in [2.05, 4.69) is 48.0 Å². The van der Waals surface area contributed by atoms with E-state index in [1.165, 1.54) is 16.9 Å². The molecule has 3 heterocycles. The second-order valence-electron chi connectivity index (χ2n) is 7.53. The molecule has 0 saturated carbocycles. The van der Waals surface area contributed by atoms with Gasteiger partial charge in [-0.05, 0) is 37.5 Å². The molecule has 0 aliphatic carbocycles. The van der Waals surface area contributed by atoms with Crippen LogP contribution >= 0.6 is 11.3 Å². The maximum Gasteiger partial charge on any atom is 0.266 e. The van der Waals surface area contributed by atoms with E-state index in [0.717, 1.165) is 59.8 Å². The number of nitrogens with two attached hydrogens (primary N) is 1. The summed E-state index contributed by atoms with van der Waals surface area (Å²) in [5.41, 5.74) is 11.6. The molecule has 1 fully saturated rings. The van der Waals surface area contributed by atoms with E-state index >= 15 is 0 Å². The van der Waals surface area contributed by atoms with Crippen LogP contribution in [0.3, 0.4) is 0 Å². The van der Waals surface area contributed by atoms with Crippen molar-refractivity contribution in [3.05, 3.63) is 57.6 Å². The summed E-state index contributed by atoms with van der Waals surface area (Å²) in [6.07, 6.45) is 0. The fourth-order valence-electron chi connectivity index (χ4n) is 3.82. The highest BCUT2D eigenvalue weighted by Crippen LogP contribution is 2.37. The maximum absolute atomic E-state index is 13.1. The minimum absolute atomic E-state index is 0.0366. The van der Waals surface area contributed by atoms with Gasteiger partial charge in [-0.2, -0.15) is 0 Å². The molecule has 1 amide bonds. The number of benzene rings is 1. The predicted molar refractivity (Wildman–Crippen MR) is 116 cm³/mol. The molecule has 0 bridgehead atoms. The highest BCUT2D eigenvalue weighted by atomic mass is 32.1. The third kappa shape index (κ3) is 3.38. The Kier molecular flexibility index (Phi) is 5.08. The van der Waals surface area contributed by atoms with Gasteiger partial charge in [-0.3, -0.25) is 9.69 Å². The summed E-state index contributed by atoms with van der Waals surface area (Å²) in [6, 6.07) is 10.5. The van der Waals surface area contributed by atoms with E-state index in [0.29, 0.717) is 10.6 Å².